The third kappa shape index (κ3) is 19.3. The lowest BCUT2D eigenvalue weighted by Gasteiger charge is -2.35. The first kappa shape index (κ1) is 88.6. The zero-order valence-corrected chi connectivity index (χ0v) is 72.4. The molecule has 134 heavy (non-hydrogen) atoms. The quantitative estimate of drug-likeness (QED) is 0.0353. The first-order valence-electron chi connectivity index (χ1n) is 43.8. The Kier molecular flexibility index (Phi) is 24.3. The lowest BCUT2D eigenvalue weighted by molar-refractivity contribution is -0.384. The number of non-ortho nitro benzene ring substituents is 1. The van der Waals surface area contributed by atoms with Crippen LogP contribution in [0.15, 0.2) is 134 Å². The highest BCUT2D eigenvalue weighted by molar-refractivity contribution is 6.06. The Hall–Kier alpha value is -16.0. The van der Waals surface area contributed by atoms with Crippen LogP contribution < -0.4 is 63.9 Å². The Bertz CT molecular complexity index is 7520. The smallest absolute Gasteiger partial charge is 0.416 e. The van der Waals surface area contributed by atoms with Crippen LogP contribution in [0, 0.1) is 74.9 Å². The average molecular weight is 1830 g/mol. The number of phenolic OH excluding ortho intramolecular Hbond substituents is 1. The van der Waals surface area contributed by atoms with E-state index in [1.165, 1.54) is 62.5 Å². The van der Waals surface area contributed by atoms with Crippen molar-refractivity contribution < 1.29 is 61.3 Å². The molecule has 4 aromatic carbocycles. The van der Waals surface area contributed by atoms with Crippen molar-refractivity contribution in [3.63, 3.8) is 0 Å². The second kappa shape index (κ2) is 36.7. The highest BCUT2D eigenvalue weighted by Gasteiger charge is 2.41. The molecule has 11 aromatic rings. The maximum atomic E-state index is 13.3. The predicted molar refractivity (Wildman–Crippen MR) is 474 cm³/mol. The van der Waals surface area contributed by atoms with Gasteiger partial charge in [0.15, 0.2) is 74.1 Å². The molecule has 688 valence electrons. The minimum atomic E-state index is -1.13. The second-order valence-corrected chi connectivity index (χ2v) is 34.3. The largest absolute Gasteiger partial charge is 0.504 e. The molecule has 4 amide bonds. The van der Waals surface area contributed by atoms with Crippen LogP contribution in [0.25, 0.3) is 33.5 Å². The molecule has 0 spiro atoms. The van der Waals surface area contributed by atoms with Crippen molar-refractivity contribution in [3.8, 4) is 76.1 Å². The summed E-state index contributed by atoms with van der Waals surface area (Å²) in [6.07, 6.45) is 14.2. The molecule has 10 aliphatic rings. The summed E-state index contributed by atoms with van der Waals surface area (Å²) >= 11 is 0. The van der Waals surface area contributed by atoms with Crippen molar-refractivity contribution in [3.05, 3.63) is 225 Å². The van der Waals surface area contributed by atoms with Crippen LogP contribution in [0.5, 0.6) is 28.7 Å². The van der Waals surface area contributed by atoms with Gasteiger partial charge in [-0.05, 0) is 188 Å². The molecule has 9 saturated carbocycles. The molecule has 8 heterocycles. The van der Waals surface area contributed by atoms with E-state index in [0.717, 1.165) is 174 Å². The van der Waals surface area contributed by atoms with E-state index in [-0.39, 0.29) is 166 Å². The lowest BCUT2D eigenvalue weighted by atomic mass is 9.92. The Balaban J connectivity index is 0.000000119. The summed E-state index contributed by atoms with van der Waals surface area (Å²) in [5, 5.41) is 20.5. The van der Waals surface area contributed by atoms with E-state index in [9.17, 15) is 85.9 Å². The third-order valence-electron chi connectivity index (χ3n) is 23.7. The summed E-state index contributed by atoms with van der Waals surface area (Å²) in [5.74, 6) is 20.8. The van der Waals surface area contributed by atoms with E-state index < -0.39 is 69.2 Å². The summed E-state index contributed by atoms with van der Waals surface area (Å²) in [5.41, 5.74) is -0.0316. The number of nitrogens with one attached hydrogen (secondary N) is 3. The Morgan fingerprint density at radius 1 is 0.440 bits per heavy atom. The first-order valence-corrected chi connectivity index (χ1v) is 43.8. The zero-order chi connectivity index (χ0) is 93.8. The number of phenols is 1. The number of nitrogens with zero attached hydrogens (tertiary/aromatic N) is 17. The molecule has 0 atom stereocenters. The van der Waals surface area contributed by atoms with E-state index in [1.54, 1.807) is 35.3 Å². The van der Waals surface area contributed by atoms with Crippen molar-refractivity contribution in [2.45, 2.75) is 183 Å². The minimum Gasteiger partial charge on any atom is -0.504 e. The van der Waals surface area contributed by atoms with Crippen LogP contribution in [-0.2, 0) is 6.42 Å². The number of aliphatic imine (C=N–C) groups is 1. The highest BCUT2D eigenvalue weighted by Crippen LogP contribution is 2.43. The van der Waals surface area contributed by atoms with Crippen molar-refractivity contribution in [2.75, 3.05) is 47.3 Å². The fourth-order valence-electron chi connectivity index (χ4n) is 15.3. The maximum absolute atomic E-state index is 13.3. The molecule has 7 aromatic heterocycles. The molecule has 4 N–H and O–H groups in total. The Labute approximate surface area is 755 Å². The van der Waals surface area contributed by atoms with Gasteiger partial charge < -0.3 is 39.0 Å². The van der Waals surface area contributed by atoms with Gasteiger partial charge in [-0.2, -0.15) is 0 Å². The van der Waals surface area contributed by atoms with Crippen LogP contribution in [-0.4, -0.2) is 180 Å². The van der Waals surface area contributed by atoms with E-state index in [4.69, 9.17) is 18.9 Å². The zero-order valence-electron chi connectivity index (χ0n) is 72.4. The van der Waals surface area contributed by atoms with Gasteiger partial charge in [-0.3, -0.25) is 85.4 Å². The molecule has 1 aliphatic heterocycles. The summed E-state index contributed by atoms with van der Waals surface area (Å²) in [4.78, 5) is 194. The number of aromatic nitrogens is 14. The van der Waals surface area contributed by atoms with Gasteiger partial charge in [0.25, 0.3) is 27.9 Å². The van der Waals surface area contributed by atoms with Gasteiger partial charge in [0.2, 0.25) is 0 Å². The van der Waals surface area contributed by atoms with E-state index in [0.29, 0.717) is 46.2 Å². The first-order chi connectivity index (χ1) is 64.6. The summed E-state index contributed by atoms with van der Waals surface area (Å²) < 4.78 is 71.8. The number of aromatic hydroxyl groups is 1. The third-order valence-corrected chi connectivity index (χ3v) is 23.7. The number of carbonyl (C=O) groups excluding carboxylic acids is 4. The molecule has 39 nitrogen and oxygen atoms in total. The van der Waals surface area contributed by atoms with E-state index in [1.807, 2.05) is 18.2 Å². The number of fused-ring (bicyclic) bond motifs is 4. The topological polar surface area (TPSA) is 456 Å². The lowest BCUT2D eigenvalue weighted by Crippen LogP contribution is -2.45. The van der Waals surface area contributed by atoms with Gasteiger partial charge in [0.1, 0.15) is 28.9 Å². The minimum absolute atomic E-state index is 0.0213. The van der Waals surface area contributed by atoms with Crippen molar-refractivity contribution in [1.29, 1.82) is 0 Å². The molecule has 0 bridgehead atoms. The number of nitro benzene ring substituents is 1. The van der Waals surface area contributed by atoms with Gasteiger partial charge in [-0.1, -0.05) is 47.9 Å². The summed E-state index contributed by atoms with van der Waals surface area (Å²) in [6, 6.07) is 20.3. The number of hydrogen-bond donors (Lipinski definition) is 4. The number of carbonyl (C=O) groups is 4. The number of hydrogen-bond acceptors (Lipinski definition) is 23. The van der Waals surface area contributed by atoms with Crippen LogP contribution in [0.3, 0.4) is 0 Å². The van der Waals surface area contributed by atoms with Gasteiger partial charge in [-0.25, -0.2) is 71.5 Å². The number of amides is 4. The van der Waals surface area contributed by atoms with Crippen molar-refractivity contribution in [2.24, 2.45) is 4.99 Å². The molecular weight excluding hydrogens is 1750 g/mol. The summed E-state index contributed by atoms with van der Waals surface area (Å²) in [7, 11) is 4.33. The van der Waals surface area contributed by atoms with Gasteiger partial charge >= 0.3 is 47.1 Å². The second-order valence-electron chi connectivity index (χ2n) is 34.3. The van der Waals surface area contributed by atoms with Crippen molar-refractivity contribution >= 4 is 75.1 Å². The maximum Gasteiger partial charge on any atom is 0.416 e. The number of imidazole rings is 3. The molecule has 42 heteroatoms. The number of para-hydroxylation sites is 1. The number of benzene rings is 4. The molecule has 9 aliphatic carbocycles. The van der Waals surface area contributed by atoms with E-state index in [2.05, 4.69) is 82.3 Å². The fourth-order valence-corrected chi connectivity index (χ4v) is 15.3. The van der Waals surface area contributed by atoms with Crippen LogP contribution >= 0.6 is 0 Å². The monoisotopic (exact) mass is 1830 g/mol. The number of H-pyrrole nitrogens is 3. The number of nitro groups is 1. The van der Waals surface area contributed by atoms with Gasteiger partial charge in [0.05, 0.1) is 48.4 Å². The molecule has 21 rings (SSSR count). The highest BCUT2D eigenvalue weighted by atomic mass is 19.2. The number of halogens is 3. The number of ether oxygens (including phenoxy) is 4. The van der Waals surface area contributed by atoms with Crippen molar-refractivity contribution in [1.82, 2.24) is 86.0 Å². The average Bonchev–Trinajstić information content (AvgIpc) is 1.59. The molecular formula is C92H85F3N20O19. The predicted octanol–water partition coefficient (Wildman–Crippen LogP) is 9.51. The standard InChI is InChI=1S/C26H26N4O4.C22H19F2N5O4.C22H20FN5O5.C22H20N6O6/c31-24-22-16-17(27-23(22)29(19-11-12-19)25(32)30(24)20-13-14-20)6-5-15-28(18-7-4-8-18)26(33)34-21-9-2-1-3-10-21;1-27(22(32)33-14-8-9-15(23)16(24)11-14)10-2-3-17-25-18-19(26-17)28(12-4-5-12)21(31)29(20(18)30)13-6-7-13;1-26(22(32)33-16-9-4-12(23)11-15(16)29)10-2-3-17-24-18-19(25-17)27(13-5-6-13)21(31)28(20(18)30)14-7-8-14;1-25(22(31)34-16-5-2-4-15(12-16)28(32)33)11-3-6-17-23-18-19(24-17)26(13-7-8-13)21(30)27(20(18)29)14-9-10-14/h1-3,9-10,18-20H,4,7-8,11-16H2;8-9,11-13H,4-7,10H2,1H3,(H,25,26);4,9,11,13-14,29H,5-8,10H2,1H3,(H,24,25);2,4-5,12-14H,7-11H2,1H3,(H,23,24). The van der Waals surface area contributed by atoms with Gasteiger partial charge in [0, 0.05) is 100 Å². The molecule has 0 saturated heterocycles. The van der Waals surface area contributed by atoms with Crippen LogP contribution in [0.4, 0.5) is 43.9 Å². The van der Waals surface area contributed by atoms with Crippen LogP contribution in [0.2, 0.25) is 0 Å². The molecule has 9 fully saturated rings. The molecule has 0 radical (unpaired) electrons. The van der Waals surface area contributed by atoms with E-state index >= 15 is 0 Å². The van der Waals surface area contributed by atoms with Gasteiger partial charge in [-0.15, -0.1) is 0 Å². The SMILES string of the molecule is CN(CC#Cc1nc2c([nH]1)c(=O)n(C1CC1)c(=O)n2C1CC1)C(=O)Oc1ccc(F)c(F)c1.CN(CC#Cc1nc2c([nH]1)c(=O)n(C1CC1)c(=O)n2C1CC1)C(=O)Oc1ccc(F)cc1O.CN(CC#Cc1nc2c([nH]1)c(=O)n(C1CC1)c(=O)n2C1CC1)C(=O)Oc1cccc([N+](=O)[O-])c1.O=C(Oc1ccccc1)N(CC#CC1=Nc2c(c(=O)n(C3CC3)c(=O)n2C2CC2)C1)C1CCC1. The summed E-state index contributed by atoms with van der Waals surface area (Å²) in [6.45, 7) is 0.112. The Morgan fingerprint density at radius 2 is 0.836 bits per heavy atom. The number of rotatable bonds is 18. The normalized spacial score (nSPS) is 16.1. The number of aromatic amines is 3. The van der Waals surface area contributed by atoms with Crippen LogP contribution in [0.1, 0.15) is 193 Å². The fraction of sp³-hybridized carbons (Fsp3) is 0.391. The molecule has 0 unspecified atom stereocenters. The Morgan fingerprint density at radius 3 is 1.25 bits per heavy atom.